The molecule has 0 aliphatic carbocycles. The standard InChI is InChI=1S/C31H33N3O6S/c35-30(29-20-26-13-7-8-16-28(26)34(29)18-19-39-27-14-5-2-6-15-27)32-41(37,38)23-25-12-9-17-33(21-25)31(36)40-22-24-10-3-1-4-11-24/h1-8,10-11,13-16,20,25H,9,12,17-19,21-23H2,(H,32,35)/t25-/m0/s1. The molecule has 1 aromatic heterocycles. The van der Waals surface area contributed by atoms with Crippen molar-refractivity contribution in [2.24, 2.45) is 5.92 Å². The lowest BCUT2D eigenvalue weighted by Gasteiger charge is -2.31. The number of aromatic nitrogens is 1. The monoisotopic (exact) mass is 575 g/mol. The Bertz CT molecular complexity index is 1590. The summed E-state index contributed by atoms with van der Waals surface area (Å²) in [6.45, 7) is 1.56. The fraction of sp³-hybridized carbons (Fsp3) is 0.290. The van der Waals surface area contributed by atoms with E-state index in [9.17, 15) is 18.0 Å². The fourth-order valence-corrected chi connectivity index (χ4v) is 6.50. The Kier molecular flexibility index (Phi) is 8.88. The first kappa shape index (κ1) is 28.2. The number of nitrogens with zero attached hydrogens (tertiary/aromatic N) is 2. The van der Waals surface area contributed by atoms with Crippen molar-refractivity contribution in [1.29, 1.82) is 0 Å². The van der Waals surface area contributed by atoms with Crippen LogP contribution in [-0.2, 0) is 27.9 Å². The molecule has 1 fully saturated rings. The summed E-state index contributed by atoms with van der Waals surface area (Å²) in [5.74, 6) is -0.569. The van der Waals surface area contributed by atoms with E-state index in [1.807, 2.05) is 84.9 Å². The molecule has 0 spiro atoms. The molecule has 0 unspecified atom stereocenters. The highest BCUT2D eigenvalue weighted by molar-refractivity contribution is 7.90. The van der Waals surface area contributed by atoms with Crippen molar-refractivity contribution in [3.8, 4) is 5.75 Å². The van der Waals surface area contributed by atoms with Gasteiger partial charge in [0.1, 0.15) is 24.7 Å². The Labute approximate surface area is 239 Å². The zero-order chi connectivity index (χ0) is 28.7. The average molecular weight is 576 g/mol. The van der Waals surface area contributed by atoms with Gasteiger partial charge in [-0.2, -0.15) is 0 Å². The fourth-order valence-electron chi connectivity index (χ4n) is 5.13. The Morgan fingerprint density at radius 2 is 1.63 bits per heavy atom. The van der Waals surface area contributed by atoms with Crippen LogP contribution in [0.5, 0.6) is 5.75 Å². The normalized spacial score (nSPS) is 15.4. The third kappa shape index (κ3) is 7.46. The molecule has 10 heteroatoms. The third-order valence-corrected chi connectivity index (χ3v) is 8.46. The molecule has 41 heavy (non-hydrogen) atoms. The highest BCUT2D eigenvalue weighted by Gasteiger charge is 2.30. The molecule has 4 aromatic rings. The zero-order valence-electron chi connectivity index (χ0n) is 22.6. The number of amides is 2. The lowest BCUT2D eigenvalue weighted by molar-refractivity contribution is 0.0811. The Hall–Kier alpha value is -4.31. The average Bonchev–Trinajstić information content (AvgIpc) is 3.35. The van der Waals surface area contributed by atoms with Crippen molar-refractivity contribution < 1.29 is 27.5 Å². The maximum Gasteiger partial charge on any atom is 0.410 e. The molecule has 214 valence electrons. The van der Waals surface area contributed by atoms with Gasteiger partial charge in [-0.15, -0.1) is 0 Å². The maximum atomic E-state index is 13.3. The lowest BCUT2D eigenvalue weighted by atomic mass is 10.0. The van der Waals surface area contributed by atoms with Crippen LogP contribution in [0.2, 0.25) is 0 Å². The van der Waals surface area contributed by atoms with Gasteiger partial charge in [-0.25, -0.2) is 17.9 Å². The molecule has 0 saturated carbocycles. The summed E-state index contributed by atoms with van der Waals surface area (Å²) in [5, 5.41) is 0.826. The number of sulfonamides is 1. The van der Waals surface area contributed by atoms with E-state index in [4.69, 9.17) is 9.47 Å². The second-order valence-corrected chi connectivity index (χ2v) is 11.9. The molecular weight excluding hydrogens is 542 g/mol. The molecule has 1 saturated heterocycles. The lowest BCUT2D eigenvalue weighted by Crippen LogP contribution is -2.44. The molecule has 1 aliphatic heterocycles. The van der Waals surface area contributed by atoms with E-state index in [0.717, 1.165) is 16.5 Å². The minimum atomic E-state index is -3.97. The van der Waals surface area contributed by atoms with Crippen molar-refractivity contribution in [2.75, 3.05) is 25.4 Å². The maximum absolute atomic E-state index is 13.3. The number of carbonyl (C=O) groups excluding carboxylic acids is 2. The predicted molar refractivity (Wildman–Crippen MR) is 156 cm³/mol. The van der Waals surface area contributed by atoms with Gasteiger partial charge in [0.2, 0.25) is 10.0 Å². The van der Waals surface area contributed by atoms with Crippen LogP contribution < -0.4 is 9.46 Å². The van der Waals surface area contributed by atoms with Gasteiger partial charge in [-0.05, 0) is 48.6 Å². The second-order valence-electron chi connectivity index (χ2n) is 10.1. The number of likely N-dealkylation sites (tertiary alicyclic amines) is 1. The van der Waals surface area contributed by atoms with Gasteiger partial charge in [0.25, 0.3) is 5.91 Å². The van der Waals surface area contributed by atoms with Crippen molar-refractivity contribution in [2.45, 2.75) is 26.0 Å². The summed E-state index contributed by atoms with van der Waals surface area (Å²) < 4.78 is 41.5. The van der Waals surface area contributed by atoms with E-state index in [2.05, 4.69) is 4.72 Å². The van der Waals surface area contributed by atoms with Crippen LogP contribution in [0.1, 0.15) is 28.9 Å². The number of hydrogen-bond donors (Lipinski definition) is 1. The zero-order valence-corrected chi connectivity index (χ0v) is 23.5. The molecule has 3 aromatic carbocycles. The minimum absolute atomic E-state index is 0.152. The summed E-state index contributed by atoms with van der Waals surface area (Å²) in [5.41, 5.74) is 1.92. The van der Waals surface area contributed by atoms with Gasteiger partial charge < -0.3 is 18.9 Å². The smallest absolute Gasteiger partial charge is 0.410 e. The third-order valence-electron chi connectivity index (χ3n) is 7.06. The topological polar surface area (TPSA) is 107 Å². The van der Waals surface area contributed by atoms with Crippen LogP contribution in [0.15, 0.2) is 91.0 Å². The van der Waals surface area contributed by atoms with Gasteiger partial charge in [0.15, 0.2) is 0 Å². The number of rotatable bonds is 10. The molecule has 2 heterocycles. The van der Waals surface area contributed by atoms with Crippen LogP contribution in [0, 0.1) is 5.92 Å². The van der Waals surface area contributed by atoms with E-state index in [1.165, 1.54) is 0 Å². The minimum Gasteiger partial charge on any atom is -0.492 e. The number of benzene rings is 3. The summed E-state index contributed by atoms with van der Waals surface area (Å²) in [6, 6.07) is 27.9. The molecule has 1 aliphatic rings. The van der Waals surface area contributed by atoms with Gasteiger partial charge in [0, 0.05) is 24.0 Å². The predicted octanol–water partition coefficient (Wildman–Crippen LogP) is 4.83. The Morgan fingerprint density at radius 3 is 2.41 bits per heavy atom. The van der Waals surface area contributed by atoms with Crippen LogP contribution in [-0.4, -0.2) is 55.3 Å². The largest absolute Gasteiger partial charge is 0.492 e. The van der Waals surface area contributed by atoms with Crippen molar-refractivity contribution in [3.63, 3.8) is 0 Å². The molecule has 1 N–H and O–H groups in total. The SMILES string of the molecule is O=C(NS(=O)(=O)C[C@H]1CCCN(C(=O)OCc2ccccc2)C1)c1cc2ccccc2n1CCOc1ccccc1. The number of ether oxygens (including phenoxy) is 2. The van der Waals surface area contributed by atoms with Crippen LogP contribution in [0.3, 0.4) is 0 Å². The molecular formula is C31H33N3O6S. The number of piperidine rings is 1. The van der Waals surface area contributed by atoms with Gasteiger partial charge >= 0.3 is 6.09 Å². The van der Waals surface area contributed by atoms with Gasteiger partial charge in [0.05, 0.1) is 12.3 Å². The van der Waals surface area contributed by atoms with Gasteiger partial charge in [-0.3, -0.25) is 4.79 Å². The number of nitrogens with one attached hydrogen (secondary N) is 1. The first-order chi connectivity index (χ1) is 19.9. The number of fused-ring (bicyclic) bond motifs is 1. The first-order valence-electron chi connectivity index (χ1n) is 13.6. The Morgan fingerprint density at radius 1 is 0.927 bits per heavy atom. The van der Waals surface area contributed by atoms with E-state index in [0.29, 0.717) is 38.3 Å². The first-order valence-corrected chi connectivity index (χ1v) is 15.3. The van der Waals surface area contributed by atoms with Crippen LogP contribution in [0.4, 0.5) is 4.79 Å². The van der Waals surface area contributed by atoms with E-state index >= 15 is 0 Å². The molecule has 0 radical (unpaired) electrons. The molecule has 0 bridgehead atoms. The van der Waals surface area contributed by atoms with E-state index < -0.39 is 22.0 Å². The number of carbonyl (C=O) groups is 2. The Balaban J connectivity index is 1.21. The van der Waals surface area contributed by atoms with Crippen molar-refractivity contribution >= 4 is 32.9 Å². The van der Waals surface area contributed by atoms with Gasteiger partial charge in [-0.1, -0.05) is 66.7 Å². The molecule has 9 nitrogen and oxygen atoms in total. The molecule has 5 rings (SSSR count). The second kappa shape index (κ2) is 12.9. The highest BCUT2D eigenvalue weighted by Crippen LogP contribution is 2.22. The van der Waals surface area contributed by atoms with Crippen molar-refractivity contribution in [1.82, 2.24) is 14.2 Å². The summed E-state index contributed by atoms with van der Waals surface area (Å²) >= 11 is 0. The molecule has 1 atom stereocenters. The summed E-state index contributed by atoms with van der Waals surface area (Å²) in [4.78, 5) is 27.4. The highest BCUT2D eigenvalue weighted by atomic mass is 32.2. The quantitative estimate of drug-likeness (QED) is 0.290. The summed E-state index contributed by atoms with van der Waals surface area (Å²) in [6.07, 6.45) is 0.820. The van der Waals surface area contributed by atoms with Crippen molar-refractivity contribution in [3.05, 3.63) is 102 Å². The molecule has 2 amide bonds. The van der Waals surface area contributed by atoms with Crippen LogP contribution in [0.25, 0.3) is 10.9 Å². The van der Waals surface area contributed by atoms with E-state index in [1.54, 1.807) is 15.5 Å². The number of hydrogen-bond acceptors (Lipinski definition) is 6. The number of para-hydroxylation sites is 2. The van der Waals surface area contributed by atoms with Crippen LogP contribution >= 0.6 is 0 Å². The summed E-state index contributed by atoms with van der Waals surface area (Å²) in [7, 11) is -3.97. The van der Waals surface area contributed by atoms with E-state index in [-0.39, 0.29) is 30.5 Å².